The number of para-hydroxylation sites is 2. The largest absolute Gasteiger partial charge is 0.490 e. The fraction of sp³-hybridized carbons (Fsp3) is 0.533. The number of hydrogen-bond donors (Lipinski definition) is 0. The fourth-order valence-electron chi connectivity index (χ4n) is 2.13. The van der Waals surface area contributed by atoms with Gasteiger partial charge in [-0.25, -0.2) is 0 Å². The molecule has 1 aromatic rings. The number of rotatable bonds is 5. The molecule has 110 valence electrons. The van der Waals surface area contributed by atoms with Gasteiger partial charge in [0.2, 0.25) is 5.91 Å². The molecule has 1 aliphatic rings. The van der Waals surface area contributed by atoms with Crippen molar-refractivity contribution in [2.24, 2.45) is 0 Å². The summed E-state index contributed by atoms with van der Waals surface area (Å²) in [5.74, 6) is 1.51. The minimum atomic E-state index is -0.0951. The summed E-state index contributed by atoms with van der Waals surface area (Å²) in [5, 5.41) is 0. The summed E-state index contributed by atoms with van der Waals surface area (Å²) in [6.07, 6.45) is -0.0951. The van der Waals surface area contributed by atoms with E-state index in [9.17, 15) is 4.79 Å². The quantitative estimate of drug-likeness (QED) is 0.823. The maximum absolute atomic E-state index is 11.4. The lowest BCUT2D eigenvalue weighted by Crippen LogP contribution is -2.46. The molecule has 1 atom stereocenters. The van der Waals surface area contributed by atoms with E-state index in [1.54, 1.807) is 11.8 Å². The molecule has 0 spiro atoms. The van der Waals surface area contributed by atoms with Gasteiger partial charge in [0.05, 0.1) is 19.8 Å². The Labute approximate surface area is 119 Å². The van der Waals surface area contributed by atoms with Crippen LogP contribution < -0.4 is 9.47 Å². The van der Waals surface area contributed by atoms with E-state index in [0.29, 0.717) is 38.7 Å². The Hall–Kier alpha value is -1.75. The van der Waals surface area contributed by atoms with Gasteiger partial charge in [-0.15, -0.1) is 0 Å². The molecule has 0 radical (unpaired) electrons. The zero-order valence-electron chi connectivity index (χ0n) is 12.0. The average molecular weight is 279 g/mol. The first-order chi connectivity index (χ1) is 9.70. The van der Waals surface area contributed by atoms with E-state index in [2.05, 4.69) is 0 Å². The monoisotopic (exact) mass is 279 g/mol. The molecule has 0 N–H and O–H groups in total. The summed E-state index contributed by atoms with van der Waals surface area (Å²) in [7, 11) is 0. The van der Waals surface area contributed by atoms with Crippen molar-refractivity contribution in [2.45, 2.75) is 20.0 Å². The molecule has 1 fully saturated rings. The molecule has 1 aromatic carbocycles. The van der Waals surface area contributed by atoms with Crippen molar-refractivity contribution < 1.29 is 19.0 Å². The molecule has 0 saturated carbocycles. The topological polar surface area (TPSA) is 48.0 Å². The Morgan fingerprint density at radius 1 is 1.35 bits per heavy atom. The Morgan fingerprint density at radius 3 is 2.70 bits per heavy atom. The standard InChI is InChI=1S/C15H21NO4/c1-3-18-14-6-4-5-7-15(14)20-11-13-10-16(12(2)17)8-9-19-13/h4-7,13H,3,8-11H2,1-2H3. The molecular formula is C15H21NO4. The number of hydrogen-bond acceptors (Lipinski definition) is 4. The molecule has 0 aromatic heterocycles. The van der Waals surface area contributed by atoms with Gasteiger partial charge >= 0.3 is 0 Å². The number of benzene rings is 1. The molecule has 0 bridgehead atoms. The molecule has 1 saturated heterocycles. The van der Waals surface area contributed by atoms with Crippen molar-refractivity contribution in [1.82, 2.24) is 4.90 Å². The fourth-order valence-corrected chi connectivity index (χ4v) is 2.13. The predicted octanol–water partition coefficient (Wildman–Crippen LogP) is 1.71. The van der Waals surface area contributed by atoms with E-state index < -0.39 is 0 Å². The van der Waals surface area contributed by atoms with Crippen LogP contribution in [0.2, 0.25) is 0 Å². The second-order valence-electron chi connectivity index (χ2n) is 4.65. The molecular weight excluding hydrogens is 258 g/mol. The first-order valence-corrected chi connectivity index (χ1v) is 6.92. The lowest BCUT2D eigenvalue weighted by molar-refractivity contribution is -0.137. The van der Waals surface area contributed by atoms with Crippen molar-refractivity contribution >= 4 is 5.91 Å². The van der Waals surface area contributed by atoms with E-state index >= 15 is 0 Å². The second kappa shape index (κ2) is 7.14. The number of ether oxygens (including phenoxy) is 3. The molecule has 5 heteroatoms. The molecule has 2 rings (SSSR count). The molecule has 5 nitrogen and oxygen atoms in total. The Bertz CT molecular complexity index is 449. The Balaban J connectivity index is 1.90. The third-order valence-electron chi connectivity index (χ3n) is 3.16. The van der Waals surface area contributed by atoms with Gasteiger partial charge in [-0.1, -0.05) is 12.1 Å². The number of carbonyl (C=O) groups is 1. The maximum atomic E-state index is 11.4. The van der Waals surface area contributed by atoms with Crippen LogP contribution in [-0.2, 0) is 9.53 Å². The van der Waals surface area contributed by atoms with Gasteiger partial charge in [-0.2, -0.15) is 0 Å². The first-order valence-electron chi connectivity index (χ1n) is 6.92. The third kappa shape index (κ3) is 3.87. The smallest absolute Gasteiger partial charge is 0.219 e. The lowest BCUT2D eigenvalue weighted by atomic mass is 10.2. The van der Waals surface area contributed by atoms with Crippen LogP contribution in [0, 0.1) is 0 Å². The van der Waals surface area contributed by atoms with Crippen LogP contribution >= 0.6 is 0 Å². The molecule has 0 aliphatic carbocycles. The van der Waals surface area contributed by atoms with Crippen molar-refractivity contribution in [1.29, 1.82) is 0 Å². The van der Waals surface area contributed by atoms with Gasteiger partial charge in [0.1, 0.15) is 12.7 Å². The summed E-state index contributed by atoms with van der Waals surface area (Å²) in [6.45, 7) is 6.31. The highest BCUT2D eigenvalue weighted by molar-refractivity contribution is 5.73. The zero-order chi connectivity index (χ0) is 14.4. The summed E-state index contributed by atoms with van der Waals surface area (Å²) < 4.78 is 16.9. The van der Waals surface area contributed by atoms with Gasteiger partial charge in [0.15, 0.2) is 11.5 Å². The van der Waals surface area contributed by atoms with Crippen LogP contribution in [0.4, 0.5) is 0 Å². The van der Waals surface area contributed by atoms with Crippen molar-refractivity contribution in [2.75, 3.05) is 32.9 Å². The summed E-state index contributed by atoms with van der Waals surface area (Å²) in [6, 6.07) is 7.56. The molecule has 1 amide bonds. The van der Waals surface area contributed by atoms with Crippen LogP contribution in [0.5, 0.6) is 11.5 Å². The number of carbonyl (C=O) groups excluding carboxylic acids is 1. The summed E-state index contributed by atoms with van der Waals surface area (Å²) in [4.78, 5) is 13.2. The zero-order valence-corrected chi connectivity index (χ0v) is 12.0. The third-order valence-corrected chi connectivity index (χ3v) is 3.16. The molecule has 20 heavy (non-hydrogen) atoms. The van der Waals surface area contributed by atoms with Crippen molar-refractivity contribution in [3.8, 4) is 11.5 Å². The number of morpholine rings is 1. The van der Waals surface area contributed by atoms with E-state index in [1.165, 1.54) is 0 Å². The Kier molecular flexibility index (Phi) is 5.24. The van der Waals surface area contributed by atoms with Crippen LogP contribution in [-0.4, -0.2) is 49.8 Å². The summed E-state index contributed by atoms with van der Waals surface area (Å²) in [5.41, 5.74) is 0. The predicted molar refractivity (Wildman–Crippen MR) is 75.1 cm³/mol. The molecule has 1 unspecified atom stereocenters. The van der Waals surface area contributed by atoms with Gasteiger partial charge in [-0.05, 0) is 19.1 Å². The highest BCUT2D eigenvalue weighted by Crippen LogP contribution is 2.26. The minimum absolute atomic E-state index is 0.0769. The minimum Gasteiger partial charge on any atom is -0.490 e. The normalized spacial score (nSPS) is 18.7. The van der Waals surface area contributed by atoms with Crippen LogP contribution in [0.25, 0.3) is 0 Å². The van der Waals surface area contributed by atoms with E-state index in [0.717, 1.165) is 5.75 Å². The van der Waals surface area contributed by atoms with Gasteiger partial charge < -0.3 is 19.1 Å². The second-order valence-corrected chi connectivity index (χ2v) is 4.65. The van der Waals surface area contributed by atoms with E-state index in [4.69, 9.17) is 14.2 Å². The maximum Gasteiger partial charge on any atom is 0.219 e. The first kappa shape index (κ1) is 14.7. The van der Waals surface area contributed by atoms with Gasteiger partial charge in [0.25, 0.3) is 0 Å². The van der Waals surface area contributed by atoms with Gasteiger partial charge in [0, 0.05) is 13.5 Å². The van der Waals surface area contributed by atoms with Gasteiger partial charge in [-0.3, -0.25) is 4.79 Å². The average Bonchev–Trinajstić information content (AvgIpc) is 2.47. The summed E-state index contributed by atoms with van der Waals surface area (Å²) >= 11 is 0. The van der Waals surface area contributed by atoms with E-state index in [1.807, 2.05) is 31.2 Å². The number of amides is 1. The Morgan fingerprint density at radius 2 is 2.05 bits per heavy atom. The van der Waals surface area contributed by atoms with Crippen LogP contribution in [0.15, 0.2) is 24.3 Å². The highest BCUT2D eigenvalue weighted by atomic mass is 16.5. The SMILES string of the molecule is CCOc1ccccc1OCC1CN(C(C)=O)CCO1. The van der Waals surface area contributed by atoms with E-state index in [-0.39, 0.29) is 12.0 Å². The van der Waals surface area contributed by atoms with Crippen LogP contribution in [0.3, 0.4) is 0 Å². The highest BCUT2D eigenvalue weighted by Gasteiger charge is 2.22. The van der Waals surface area contributed by atoms with Crippen molar-refractivity contribution in [3.63, 3.8) is 0 Å². The van der Waals surface area contributed by atoms with Crippen LogP contribution in [0.1, 0.15) is 13.8 Å². The van der Waals surface area contributed by atoms with Crippen molar-refractivity contribution in [3.05, 3.63) is 24.3 Å². The number of nitrogens with zero attached hydrogens (tertiary/aromatic N) is 1. The lowest BCUT2D eigenvalue weighted by Gasteiger charge is -2.32. The molecule has 1 heterocycles. The molecule has 1 aliphatic heterocycles.